The summed E-state index contributed by atoms with van der Waals surface area (Å²) in [7, 11) is 1.69. The van der Waals surface area contributed by atoms with Crippen LogP contribution in [0, 0.1) is 0 Å². The number of nitrogens with two attached hydrogens (primary N) is 1. The fourth-order valence-electron chi connectivity index (χ4n) is 2.54. The molecule has 4 nitrogen and oxygen atoms in total. The molecule has 1 fully saturated rings. The number of hydrogen-bond donors (Lipinski definition) is 2. The highest BCUT2D eigenvalue weighted by molar-refractivity contribution is 5.81. The number of amides is 1. The Kier molecular flexibility index (Phi) is 6.96. The van der Waals surface area contributed by atoms with Gasteiger partial charge in [-0.15, -0.1) is 0 Å². The van der Waals surface area contributed by atoms with Crippen LogP contribution in [0.1, 0.15) is 40.0 Å². The summed E-state index contributed by atoms with van der Waals surface area (Å²) in [5.74, 6) is 0.0774. The molecule has 1 rings (SSSR count). The average molecular weight is 279 g/mol. The molecule has 0 bridgehead atoms. The van der Waals surface area contributed by atoms with Crippen molar-refractivity contribution in [1.29, 1.82) is 0 Å². The van der Waals surface area contributed by atoms with E-state index in [1.165, 1.54) is 11.1 Å². The van der Waals surface area contributed by atoms with Gasteiger partial charge in [0.2, 0.25) is 5.91 Å². The lowest BCUT2D eigenvalue weighted by Crippen LogP contribution is -2.41. The second kappa shape index (κ2) is 8.22. The van der Waals surface area contributed by atoms with E-state index in [1.807, 2.05) is 0 Å². The maximum atomic E-state index is 11.8. The fraction of sp³-hybridized carbons (Fsp3) is 0.688. The van der Waals surface area contributed by atoms with E-state index in [0.29, 0.717) is 0 Å². The summed E-state index contributed by atoms with van der Waals surface area (Å²) in [5, 5.41) is 2.73. The molecule has 0 radical (unpaired) electrons. The predicted octanol–water partition coefficient (Wildman–Crippen LogP) is 1.83. The summed E-state index contributed by atoms with van der Waals surface area (Å²) >= 11 is 0. The summed E-state index contributed by atoms with van der Waals surface area (Å²) in [6.45, 7) is 8.02. The lowest BCUT2D eigenvalue weighted by molar-refractivity contribution is -0.124. The van der Waals surface area contributed by atoms with Gasteiger partial charge in [-0.05, 0) is 40.0 Å². The first-order valence-electron chi connectivity index (χ1n) is 7.44. The molecular weight excluding hydrogens is 250 g/mol. The number of nitrogens with one attached hydrogen (secondary N) is 1. The second-order valence-corrected chi connectivity index (χ2v) is 5.95. The minimum Gasteiger partial charge on any atom is -0.358 e. The minimum atomic E-state index is -0.0724. The fourth-order valence-corrected chi connectivity index (χ4v) is 2.54. The first kappa shape index (κ1) is 16.9. The highest BCUT2D eigenvalue weighted by atomic mass is 16.2. The molecule has 0 aromatic carbocycles. The number of hydrogen-bond acceptors (Lipinski definition) is 3. The molecule has 114 valence electrons. The zero-order chi connectivity index (χ0) is 15.1. The minimum absolute atomic E-state index is 0.0724. The Labute approximate surface area is 123 Å². The summed E-state index contributed by atoms with van der Waals surface area (Å²) in [6.07, 6.45) is 7.41. The van der Waals surface area contributed by atoms with Crippen LogP contribution in [0.2, 0.25) is 0 Å². The quantitative estimate of drug-likeness (QED) is 0.729. The highest BCUT2D eigenvalue weighted by Gasteiger charge is 2.33. The van der Waals surface area contributed by atoms with Crippen molar-refractivity contribution in [2.45, 2.75) is 52.1 Å². The van der Waals surface area contributed by atoms with Crippen LogP contribution < -0.4 is 11.1 Å². The van der Waals surface area contributed by atoms with Crippen LogP contribution in [0.3, 0.4) is 0 Å². The number of allylic oxidation sites excluding steroid dienone is 3. The maximum absolute atomic E-state index is 11.8. The van der Waals surface area contributed by atoms with E-state index in [9.17, 15) is 4.79 Å². The Morgan fingerprint density at radius 3 is 2.65 bits per heavy atom. The van der Waals surface area contributed by atoms with E-state index in [0.717, 1.165) is 32.4 Å². The predicted molar refractivity (Wildman–Crippen MR) is 84.4 cm³/mol. The normalized spacial score (nSPS) is 23.8. The van der Waals surface area contributed by atoms with Crippen LogP contribution in [-0.4, -0.2) is 43.0 Å². The molecule has 1 aliphatic heterocycles. The highest BCUT2D eigenvalue weighted by Crippen LogP contribution is 2.17. The van der Waals surface area contributed by atoms with E-state index in [2.05, 4.69) is 43.1 Å². The van der Waals surface area contributed by atoms with E-state index < -0.39 is 0 Å². The van der Waals surface area contributed by atoms with Crippen LogP contribution >= 0.6 is 0 Å². The average Bonchev–Trinajstić information content (AvgIpc) is 2.76. The zero-order valence-electron chi connectivity index (χ0n) is 13.3. The Morgan fingerprint density at radius 1 is 1.35 bits per heavy atom. The van der Waals surface area contributed by atoms with Gasteiger partial charge in [-0.1, -0.05) is 23.3 Å². The van der Waals surface area contributed by atoms with Crippen molar-refractivity contribution < 1.29 is 4.79 Å². The number of likely N-dealkylation sites (tertiary alicyclic amines) is 1. The first-order valence-corrected chi connectivity index (χ1v) is 7.44. The second-order valence-electron chi connectivity index (χ2n) is 5.95. The molecule has 3 N–H and O–H groups in total. The molecule has 0 saturated carbocycles. The summed E-state index contributed by atoms with van der Waals surface area (Å²) < 4.78 is 0. The molecule has 0 aliphatic carbocycles. The van der Waals surface area contributed by atoms with E-state index in [4.69, 9.17) is 5.73 Å². The zero-order valence-corrected chi connectivity index (χ0v) is 13.3. The molecule has 0 unspecified atom stereocenters. The Bertz CT molecular complexity index is 383. The Hall–Kier alpha value is -1.13. The number of likely N-dealkylation sites (N-methyl/N-ethyl adjacent to an activating group) is 1. The van der Waals surface area contributed by atoms with Gasteiger partial charge in [0, 0.05) is 26.2 Å². The lowest BCUT2D eigenvalue weighted by Gasteiger charge is -2.21. The van der Waals surface area contributed by atoms with Crippen LogP contribution in [-0.2, 0) is 4.79 Å². The molecule has 1 heterocycles. The van der Waals surface area contributed by atoms with Crippen molar-refractivity contribution in [3.63, 3.8) is 0 Å². The summed E-state index contributed by atoms with van der Waals surface area (Å²) in [5.41, 5.74) is 8.72. The van der Waals surface area contributed by atoms with Crippen molar-refractivity contribution in [3.05, 3.63) is 23.3 Å². The number of carbonyl (C=O) groups is 1. The number of nitrogens with zero attached hydrogens (tertiary/aromatic N) is 1. The molecule has 4 heteroatoms. The SMILES string of the molecule is CNC(=O)[C@@H]1C[C@H](N)CN1C/C=C(\C)CCC=C(C)C. The van der Waals surface area contributed by atoms with Gasteiger partial charge in [0.1, 0.15) is 0 Å². The Morgan fingerprint density at radius 2 is 2.05 bits per heavy atom. The molecule has 0 aromatic rings. The van der Waals surface area contributed by atoms with Gasteiger partial charge >= 0.3 is 0 Å². The number of carbonyl (C=O) groups excluding carboxylic acids is 1. The summed E-state index contributed by atoms with van der Waals surface area (Å²) in [6, 6.07) is 0.0357. The van der Waals surface area contributed by atoms with Gasteiger partial charge in [0.05, 0.1) is 6.04 Å². The molecule has 0 aromatic heterocycles. The third-order valence-electron chi connectivity index (χ3n) is 3.75. The van der Waals surface area contributed by atoms with Crippen molar-refractivity contribution in [2.75, 3.05) is 20.1 Å². The van der Waals surface area contributed by atoms with Crippen LogP contribution in [0.4, 0.5) is 0 Å². The monoisotopic (exact) mass is 279 g/mol. The topological polar surface area (TPSA) is 58.4 Å². The Balaban J connectivity index is 2.49. The van der Waals surface area contributed by atoms with Gasteiger partial charge in [0.25, 0.3) is 0 Å². The number of rotatable bonds is 6. The molecule has 20 heavy (non-hydrogen) atoms. The van der Waals surface area contributed by atoms with Gasteiger partial charge in [0.15, 0.2) is 0 Å². The first-order chi connectivity index (χ1) is 9.43. The van der Waals surface area contributed by atoms with Crippen LogP contribution in [0.15, 0.2) is 23.3 Å². The molecule has 1 aliphatic rings. The van der Waals surface area contributed by atoms with E-state index >= 15 is 0 Å². The third-order valence-corrected chi connectivity index (χ3v) is 3.75. The van der Waals surface area contributed by atoms with Gasteiger partial charge in [-0.2, -0.15) is 0 Å². The molecule has 0 spiro atoms. The largest absolute Gasteiger partial charge is 0.358 e. The molecule has 2 atom stereocenters. The molecule has 1 saturated heterocycles. The van der Waals surface area contributed by atoms with E-state index in [1.54, 1.807) is 7.05 Å². The van der Waals surface area contributed by atoms with E-state index in [-0.39, 0.29) is 18.0 Å². The molecule has 1 amide bonds. The third kappa shape index (κ3) is 5.47. The van der Waals surface area contributed by atoms with Crippen LogP contribution in [0.5, 0.6) is 0 Å². The van der Waals surface area contributed by atoms with Gasteiger partial charge in [-0.25, -0.2) is 0 Å². The maximum Gasteiger partial charge on any atom is 0.237 e. The standard InChI is InChI=1S/C16H29N3O/c1-12(2)6-5-7-13(3)8-9-19-11-14(17)10-15(19)16(20)18-4/h6,8,14-15H,5,7,9-11,17H2,1-4H3,(H,18,20)/b13-8+/t14-,15-/m0/s1. The van der Waals surface area contributed by atoms with Crippen molar-refractivity contribution in [1.82, 2.24) is 10.2 Å². The summed E-state index contributed by atoms with van der Waals surface area (Å²) in [4.78, 5) is 14.0. The lowest BCUT2D eigenvalue weighted by atomic mass is 10.1. The smallest absolute Gasteiger partial charge is 0.237 e. The van der Waals surface area contributed by atoms with Crippen molar-refractivity contribution in [3.8, 4) is 0 Å². The molecular formula is C16H29N3O. The van der Waals surface area contributed by atoms with Gasteiger partial charge in [-0.3, -0.25) is 9.69 Å². The van der Waals surface area contributed by atoms with Gasteiger partial charge < -0.3 is 11.1 Å². The van der Waals surface area contributed by atoms with Crippen molar-refractivity contribution >= 4 is 5.91 Å². The van der Waals surface area contributed by atoms with Crippen LogP contribution in [0.25, 0.3) is 0 Å². The van der Waals surface area contributed by atoms with Crippen molar-refractivity contribution in [2.24, 2.45) is 5.73 Å².